The van der Waals surface area contributed by atoms with Crippen molar-refractivity contribution in [3.05, 3.63) is 44.3 Å². The van der Waals surface area contributed by atoms with E-state index in [-0.39, 0.29) is 5.91 Å². The van der Waals surface area contributed by atoms with Gasteiger partial charge in [-0.25, -0.2) is 4.98 Å². The molecule has 2 aromatic heterocycles. The van der Waals surface area contributed by atoms with E-state index in [1.165, 1.54) is 16.0 Å². The van der Waals surface area contributed by atoms with Gasteiger partial charge in [0.2, 0.25) is 0 Å². The average Bonchev–Trinajstić information content (AvgIpc) is 3.00. The second-order valence-electron chi connectivity index (χ2n) is 7.52. The Kier molecular flexibility index (Phi) is 3.39. The summed E-state index contributed by atoms with van der Waals surface area (Å²) in [5.41, 5.74) is 4.31. The molecule has 0 aromatic carbocycles. The summed E-state index contributed by atoms with van der Waals surface area (Å²) in [5.74, 6) is 0.490. The van der Waals surface area contributed by atoms with Gasteiger partial charge in [-0.15, -0.1) is 11.3 Å². The molecule has 2 aromatic rings. The molecule has 1 aliphatic heterocycles. The molecule has 0 spiro atoms. The third kappa shape index (κ3) is 2.22. The van der Waals surface area contributed by atoms with E-state index in [2.05, 4.69) is 18.8 Å². The predicted molar refractivity (Wildman–Crippen MR) is 95.3 cm³/mol. The van der Waals surface area contributed by atoms with Crippen molar-refractivity contribution in [2.75, 3.05) is 11.4 Å². The van der Waals surface area contributed by atoms with Crippen LogP contribution in [0.25, 0.3) is 0 Å². The second-order valence-corrected chi connectivity index (χ2v) is 8.62. The molecule has 3 heterocycles. The number of aryl methyl sites for hydroxylation is 1. The Morgan fingerprint density at radius 1 is 1.29 bits per heavy atom. The molecule has 4 rings (SSSR count). The van der Waals surface area contributed by atoms with Gasteiger partial charge in [0.05, 0.1) is 10.4 Å². The smallest absolute Gasteiger partial charge is 0.269 e. The van der Waals surface area contributed by atoms with Crippen molar-refractivity contribution >= 4 is 29.3 Å². The number of rotatable bonds is 2. The largest absolute Gasteiger partial charge is 0.298 e. The van der Waals surface area contributed by atoms with Crippen LogP contribution < -0.4 is 4.90 Å². The van der Waals surface area contributed by atoms with Crippen LogP contribution in [-0.4, -0.2) is 23.7 Å². The van der Waals surface area contributed by atoms with E-state index in [1.807, 2.05) is 6.92 Å². The number of aldehydes is 1. The first-order chi connectivity index (χ1) is 11.4. The van der Waals surface area contributed by atoms with Crippen LogP contribution in [0.3, 0.4) is 0 Å². The zero-order valence-corrected chi connectivity index (χ0v) is 15.0. The number of anilines is 1. The number of thiophene rings is 1. The Bertz CT molecular complexity index is 866. The summed E-state index contributed by atoms with van der Waals surface area (Å²) in [6.45, 7) is 7.04. The van der Waals surface area contributed by atoms with E-state index in [1.54, 1.807) is 28.5 Å². The van der Waals surface area contributed by atoms with Gasteiger partial charge >= 0.3 is 0 Å². The molecule has 0 atom stereocenters. The van der Waals surface area contributed by atoms with Crippen LogP contribution >= 0.6 is 11.3 Å². The van der Waals surface area contributed by atoms with Gasteiger partial charge in [0.25, 0.3) is 5.91 Å². The highest BCUT2D eigenvalue weighted by Gasteiger charge is 2.38. The van der Waals surface area contributed by atoms with Gasteiger partial charge in [-0.05, 0) is 54.4 Å². The third-order valence-electron chi connectivity index (χ3n) is 5.08. The average molecular weight is 340 g/mol. The van der Waals surface area contributed by atoms with Crippen LogP contribution in [0.15, 0.2) is 12.3 Å². The van der Waals surface area contributed by atoms with Crippen molar-refractivity contribution in [1.29, 1.82) is 0 Å². The molecular formula is C19H20N2O2S. The standard InChI is InChI=1S/C19H20N2O2S/c1-11-4-6-20-17(14(11)10-22)21-7-5-12-13-8-19(2,3)9-15(13)24-16(12)18(21)23/h4,6,10H,5,7-9H2,1-3H3. The number of hydrogen-bond acceptors (Lipinski definition) is 4. The van der Waals surface area contributed by atoms with Gasteiger partial charge in [-0.3, -0.25) is 14.5 Å². The lowest BCUT2D eigenvalue weighted by Crippen LogP contribution is -2.38. The fourth-order valence-electron chi connectivity index (χ4n) is 3.88. The maximum atomic E-state index is 13.0. The molecule has 2 aliphatic rings. The molecule has 24 heavy (non-hydrogen) atoms. The van der Waals surface area contributed by atoms with Crippen molar-refractivity contribution in [2.24, 2.45) is 5.41 Å². The van der Waals surface area contributed by atoms with E-state index in [4.69, 9.17) is 0 Å². The Morgan fingerprint density at radius 2 is 2.08 bits per heavy atom. The van der Waals surface area contributed by atoms with Gasteiger partial charge < -0.3 is 0 Å². The zero-order chi connectivity index (χ0) is 17.1. The number of amides is 1. The summed E-state index contributed by atoms with van der Waals surface area (Å²) < 4.78 is 0. The minimum Gasteiger partial charge on any atom is -0.298 e. The maximum Gasteiger partial charge on any atom is 0.269 e. The number of fused-ring (bicyclic) bond motifs is 3. The summed E-state index contributed by atoms with van der Waals surface area (Å²) in [4.78, 5) is 32.7. The summed E-state index contributed by atoms with van der Waals surface area (Å²) in [7, 11) is 0. The minimum atomic E-state index is -0.00495. The fraction of sp³-hybridized carbons (Fsp3) is 0.421. The molecule has 1 amide bonds. The van der Waals surface area contributed by atoms with Crippen molar-refractivity contribution in [3.8, 4) is 0 Å². The SMILES string of the molecule is Cc1ccnc(N2CCc3c(sc4c3CC(C)(C)C4)C2=O)c1C=O. The number of carbonyl (C=O) groups is 2. The van der Waals surface area contributed by atoms with Gasteiger partial charge in [0.15, 0.2) is 6.29 Å². The molecule has 0 saturated carbocycles. The maximum absolute atomic E-state index is 13.0. The minimum absolute atomic E-state index is 0.00495. The molecule has 4 nitrogen and oxygen atoms in total. The van der Waals surface area contributed by atoms with E-state index in [0.29, 0.717) is 23.3 Å². The van der Waals surface area contributed by atoms with Crippen LogP contribution in [0.5, 0.6) is 0 Å². The lowest BCUT2D eigenvalue weighted by molar-refractivity contribution is 0.0984. The van der Waals surface area contributed by atoms with Gasteiger partial charge in [-0.1, -0.05) is 13.8 Å². The van der Waals surface area contributed by atoms with Crippen molar-refractivity contribution < 1.29 is 9.59 Å². The first-order valence-corrected chi connectivity index (χ1v) is 9.09. The number of nitrogens with zero attached hydrogens (tertiary/aromatic N) is 2. The first kappa shape index (κ1) is 15.5. The topological polar surface area (TPSA) is 50.3 Å². The van der Waals surface area contributed by atoms with Gasteiger partial charge in [-0.2, -0.15) is 0 Å². The molecule has 0 saturated heterocycles. The molecule has 0 fully saturated rings. The highest BCUT2D eigenvalue weighted by molar-refractivity contribution is 7.14. The predicted octanol–water partition coefficient (Wildman–Crippen LogP) is 3.59. The normalized spacial score (nSPS) is 18.5. The highest BCUT2D eigenvalue weighted by Crippen LogP contribution is 2.45. The number of aromatic nitrogens is 1. The van der Waals surface area contributed by atoms with E-state index < -0.39 is 0 Å². The lowest BCUT2D eigenvalue weighted by Gasteiger charge is -2.28. The molecule has 5 heteroatoms. The quantitative estimate of drug-likeness (QED) is 0.785. The molecule has 0 bridgehead atoms. The van der Waals surface area contributed by atoms with Gasteiger partial charge in [0, 0.05) is 17.6 Å². The van der Waals surface area contributed by atoms with E-state index in [0.717, 1.165) is 36.0 Å². The summed E-state index contributed by atoms with van der Waals surface area (Å²) in [5, 5.41) is 0. The van der Waals surface area contributed by atoms with Crippen LogP contribution in [0.2, 0.25) is 0 Å². The van der Waals surface area contributed by atoms with E-state index >= 15 is 0 Å². The second kappa shape index (κ2) is 5.24. The Labute approximate surface area is 145 Å². The zero-order valence-electron chi connectivity index (χ0n) is 14.2. The molecular weight excluding hydrogens is 320 g/mol. The van der Waals surface area contributed by atoms with Crippen molar-refractivity contribution in [3.63, 3.8) is 0 Å². The Hall–Kier alpha value is -2.01. The van der Waals surface area contributed by atoms with E-state index in [9.17, 15) is 9.59 Å². The molecule has 1 aliphatic carbocycles. The first-order valence-electron chi connectivity index (χ1n) is 8.27. The third-order valence-corrected chi connectivity index (χ3v) is 6.34. The molecule has 0 unspecified atom stereocenters. The Balaban J connectivity index is 1.75. The molecule has 124 valence electrons. The Morgan fingerprint density at radius 3 is 2.83 bits per heavy atom. The van der Waals surface area contributed by atoms with Crippen LogP contribution in [0.1, 0.15) is 55.4 Å². The number of hydrogen-bond donors (Lipinski definition) is 0. The summed E-state index contributed by atoms with van der Waals surface area (Å²) >= 11 is 1.64. The number of carbonyl (C=O) groups excluding carboxylic acids is 2. The van der Waals surface area contributed by atoms with Gasteiger partial charge in [0.1, 0.15) is 5.82 Å². The number of pyridine rings is 1. The lowest BCUT2D eigenvalue weighted by atomic mass is 9.89. The van der Waals surface area contributed by atoms with Crippen molar-refractivity contribution in [1.82, 2.24) is 4.98 Å². The molecule has 0 N–H and O–H groups in total. The van der Waals surface area contributed by atoms with Crippen LogP contribution in [0.4, 0.5) is 5.82 Å². The van der Waals surface area contributed by atoms with Crippen LogP contribution in [0, 0.1) is 12.3 Å². The van der Waals surface area contributed by atoms with Crippen LogP contribution in [-0.2, 0) is 19.3 Å². The molecule has 0 radical (unpaired) electrons. The summed E-state index contributed by atoms with van der Waals surface area (Å²) in [6.07, 6.45) is 5.42. The fourth-order valence-corrected chi connectivity index (χ4v) is 5.45. The highest BCUT2D eigenvalue weighted by atomic mass is 32.1. The van der Waals surface area contributed by atoms with Crippen molar-refractivity contribution in [2.45, 2.75) is 40.0 Å². The monoisotopic (exact) mass is 340 g/mol. The summed E-state index contributed by atoms with van der Waals surface area (Å²) in [6, 6.07) is 1.80.